The normalized spacial score (nSPS) is 11.3. The molecule has 5 aromatic rings. The molecule has 5 rings (SSSR count). The molecular formula is C21H17FN6O. The number of aryl methyl sites for hydroxylation is 1. The Labute approximate surface area is 165 Å². The fraction of sp³-hybridized carbons (Fsp3) is 0.0952. The van der Waals surface area contributed by atoms with Gasteiger partial charge in [0.2, 0.25) is 5.95 Å². The number of nitrogens with zero attached hydrogens (tertiary/aromatic N) is 4. The molecule has 2 aromatic carbocycles. The second kappa shape index (κ2) is 6.59. The Morgan fingerprint density at radius 2 is 1.86 bits per heavy atom. The number of rotatable bonds is 4. The lowest BCUT2D eigenvalue weighted by molar-refractivity contribution is 0.415. The van der Waals surface area contributed by atoms with Crippen LogP contribution >= 0.6 is 0 Å². The molecule has 0 spiro atoms. The van der Waals surface area contributed by atoms with Gasteiger partial charge < -0.3 is 15.0 Å². The summed E-state index contributed by atoms with van der Waals surface area (Å²) in [6.07, 6.45) is 1.81. The van der Waals surface area contributed by atoms with E-state index in [2.05, 4.69) is 20.3 Å². The maximum atomic E-state index is 13.9. The lowest BCUT2D eigenvalue weighted by atomic mass is 10.3. The first-order valence-electron chi connectivity index (χ1n) is 9.03. The number of imidazole rings is 1. The number of aromatic amines is 1. The van der Waals surface area contributed by atoms with Crippen molar-refractivity contribution in [1.82, 2.24) is 24.5 Å². The standard InChI is InChI=1S/C21H17FN6O/c1-12-24-17-8-3-13(22)11-18(17)28(12)21-26-19-16(9-10-23-19)20(27-21)25-14-4-6-15(29-2)7-5-14/h3-11H,1-2H3,(H2,23,25,26,27). The number of anilines is 2. The molecule has 0 saturated carbocycles. The van der Waals surface area contributed by atoms with Crippen molar-refractivity contribution in [3.63, 3.8) is 0 Å². The molecule has 3 heterocycles. The average molecular weight is 388 g/mol. The smallest absolute Gasteiger partial charge is 0.239 e. The number of hydrogen-bond acceptors (Lipinski definition) is 5. The second-order valence-electron chi connectivity index (χ2n) is 6.59. The minimum atomic E-state index is -0.337. The fourth-order valence-corrected chi connectivity index (χ4v) is 3.36. The van der Waals surface area contributed by atoms with E-state index in [9.17, 15) is 4.39 Å². The summed E-state index contributed by atoms with van der Waals surface area (Å²) in [6.45, 7) is 1.84. The number of methoxy groups -OCH3 is 1. The van der Waals surface area contributed by atoms with Crippen molar-refractivity contribution in [1.29, 1.82) is 0 Å². The number of nitrogens with one attached hydrogen (secondary N) is 2. The van der Waals surface area contributed by atoms with Gasteiger partial charge in [-0.15, -0.1) is 0 Å². The molecule has 0 bridgehead atoms. The molecule has 0 aliphatic heterocycles. The average Bonchev–Trinajstić information content (AvgIpc) is 3.32. The van der Waals surface area contributed by atoms with E-state index in [0.29, 0.717) is 34.3 Å². The van der Waals surface area contributed by atoms with Crippen molar-refractivity contribution in [3.05, 3.63) is 66.4 Å². The SMILES string of the molecule is COc1ccc(Nc2nc(-n3c(C)nc4ccc(F)cc43)nc3[nH]ccc23)cc1. The number of hydrogen-bond donors (Lipinski definition) is 2. The van der Waals surface area contributed by atoms with Gasteiger partial charge in [-0.3, -0.25) is 4.57 Å². The van der Waals surface area contributed by atoms with Gasteiger partial charge in [0.25, 0.3) is 0 Å². The third kappa shape index (κ3) is 2.94. The molecule has 3 aromatic heterocycles. The van der Waals surface area contributed by atoms with Crippen molar-refractivity contribution >= 4 is 33.6 Å². The van der Waals surface area contributed by atoms with E-state index in [1.54, 1.807) is 23.9 Å². The molecule has 2 N–H and O–H groups in total. The van der Waals surface area contributed by atoms with Crippen LogP contribution in [0.3, 0.4) is 0 Å². The number of H-pyrrole nitrogens is 1. The number of halogens is 1. The highest BCUT2D eigenvalue weighted by atomic mass is 19.1. The first kappa shape index (κ1) is 17.2. The minimum absolute atomic E-state index is 0.337. The van der Waals surface area contributed by atoms with Gasteiger partial charge in [0.1, 0.15) is 28.9 Å². The molecule has 144 valence electrons. The summed E-state index contributed by atoms with van der Waals surface area (Å²) in [7, 11) is 1.63. The molecule has 8 heteroatoms. The van der Waals surface area contributed by atoms with E-state index in [0.717, 1.165) is 16.8 Å². The van der Waals surface area contributed by atoms with Crippen molar-refractivity contribution in [2.24, 2.45) is 0 Å². The third-order valence-electron chi connectivity index (χ3n) is 4.74. The van der Waals surface area contributed by atoms with E-state index in [1.807, 2.05) is 37.3 Å². The van der Waals surface area contributed by atoms with Gasteiger partial charge in [0.05, 0.1) is 23.5 Å². The van der Waals surface area contributed by atoms with Crippen LogP contribution in [-0.4, -0.2) is 31.6 Å². The maximum absolute atomic E-state index is 13.9. The summed E-state index contributed by atoms with van der Waals surface area (Å²) in [5.74, 6) is 2.15. The van der Waals surface area contributed by atoms with Gasteiger partial charge in [-0.1, -0.05) is 0 Å². The van der Waals surface area contributed by atoms with Crippen LogP contribution in [0, 0.1) is 12.7 Å². The zero-order chi connectivity index (χ0) is 20.0. The van der Waals surface area contributed by atoms with Crippen molar-refractivity contribution in [2.45, 2.75) is 6.92 Å². The Morgan fingerprint density at radius 3 is 2.66 bits per heavy atom. The summed E-state index contributed by atoms with van der Waals surface area (Å²) in [5.41, 5.74) is 2.83. The molecule has 0 unspecified atom stereocenters. The monoisotopic (exact) mass is 388 g/mol. The number of ether oxygens (including phenoxy) is 1. The molecule has 0 atom stereocenters. The molecule has 0 saturated heterocycles. The van der Waals surface area contributed by atoms with Crippen LogP contribution in [0.2, 0.25) is 0 Å². The molecule has 0 radical (unpaired) electrons. The Hall–Kier alpha value is -3.94. The van der Waals surface area contributed by atoms with Gasteiger partial charge in [-0.2, -0.15) is 9.97 Å². The van der Waals surface area contributed by atoms with Gasteiger partial charge in [-0.25, -0.2) is 9.37 Å². The van der Waals surface area contributed by atoms with E-state index >= 15 is 0 Å². The quantitative estimate of drug-likeness (QED) is 0.474. The zero-order valence-corrected chi connectivity index (χ0v) is 15.8. The summed E-state index contributed by atoms with van der Waals surface area (Å²) in [6, 6.07) is 13.9. The minimum Gasteiger partial charge on any atom is -0.497 e. The lowest BCUT2D eigenvalue weighted by Crippen LogP contribution is -2.06. The van der Waals surface area contributed by atoms with E-state index in [4.69, 9.17) is 9.72 Å². The number of aromatic nitrogens is 5. The molecule has 0 amide bonds. The largest absolute Gasteiger partial charge is 0.497 e. The topological polar surface area (TPSA) is 80.7 Å². The van der Waals surface area contributed by atoms with Gasteiger partial charge in [-0.05, 0) is 49.4 Å². The van der Waals surface area contributed by atoms with Gasteiger partial charge in [0, 0.05) is 18.0 Å². The first-order chi connectivity index (χ1) is 14.1. The fourth-order valence-electron chi connectivity index (χ4n) is 3.36. The summed E-state index contributed by atoms with van der Waals surface area (Å²) in [5, 5.41) is 4.18. The zero-order valence-electron chi connectivity index (χ0n) is 15.8. The van der Waals surface area contributed by atoms with Crippen LogP contribution in [-0.2, 0) is 0 Å². The van der Waals surface area contributed by atoms with Crippen LogP contribution in [0.1, 0.15) is 5.82 Å². The molecule has 0 aliphatic carbocycles. The van der Waals surface area contributed by atoms with Gasteiger partial charge in [0.15, 0.2) is 0 Å². The van der Waals surface area contributed by atoms with Crippen LogP contribution in [0.4, 0.5) is 15.9 Å². The highest BCUT2D eigenvalue weighted by molar-refractivity contribution is 5.90. The Morgan fingerprint density at radius 1 is 1.03 bits per heavy atom. The van der Waals surface area contributed by atoms with Crippen LogP contribution in [0.25, 0.3) is 28.0 Å². The predicted octanol–water partition coefficient (Wildman–Crippen LogP) is 4.50. The van der Waals surface area contributed by atoms with E-state index in [-0.39, 0.29) is 5.82 Å². The van der Waals surface area contributed by atoms with Crippen LogP contribution < -0.4 is 10.1 Å². The lowest BCUT2D eigenvalue weighted by Gasteiger charge is -2.11. The second-order valence-corrected chi connectivity index (χ2v) is 6.59. The van der Waals surface area contributed by atoms with Crippen LogP contribution in [0.15, 0.2) is 54.7 Å². The predicted molar refractivity (Wildman–Crippen MR) is 109 cm³/mol. The van der Waals surface area contributed by atoms with Crippen molar-refractivity contribution < 1.29 is 9.13 Å². The Balaban J connectivity index is 1.66. The van der Waals surface area contributed by atoms with Crippen molar-refractivity contribution in [2.75, 3.05) is 12.4 Å². The first-order valence-corrected chi connectivity index (χ1v) is 9.03. The van der Waals surface area contributed by atoms with Gasteiger partial charge >= 0.3 is 0 Å². The molecule has 7 nitrogen and oxygen atoms in total. The summed E-state index contributed by atoms with van der Waals surface area (Å²) < 4.78 is 20.8. The maximum Gasteiger partial charge on any atom is 0.239 e. The molecular weight excluding hydrogens is 371 g/mol. The number of benzene rings is 2. The molecule has 0 aliphatic rings. The molecule has 29 heavy (non-hydrogen) atoms. The summed E-state index contributed by atoms with van der Waals surface area (Å²) >= 11 is 0. The van der Waals surface area contributed by atoms with Crippen LogP contribution in [0.5, 0.6) is 5.75 Å². The van der Waals surface area contributed by atoms with Crippen molar-refractivity contribution in [3.8, 4) is 11.7 Å². The molecule has 0 fully saturated rings. The highest BCUT2D eigenvalue weighted by Crippen LogP contribution is 2.27. The van der Waals surface area contributed by atoms with E-state index < -0.39 is 0 Å². The van der Waals surface area contributed by atoms with E-state index in [1.165, 1.54) is 12.1 Å². The highest BCUT2D eigenvalue weighted by Gasteiger charge is 2.16. The third-order valence-corrected chi connectivity index (χ3v) is 4.74. The Kier molecular flexibility index (Phi) is 3.90. The number of fused-ring (bicyclic) bond motifs is 2. The summed E-state index contributed by atoms with van der Waals surface area (Å²) in [4.78, 5) is 17.0. The Bertz CT molecular complexity index is 1340.